The number of tetrazole rings is 1. The van der Waals surface area contributed by atoms with Crippen molar-refractivity contribution in [3.63, 3.8) is 0 Å². The van der Waals surface area contributed by atoms with Crippen LogP contribution in [0.1, 0.15) is 37.3 Å². The molecule has 1 amide bonds. The second kappa shape index (κ2) is 7.66. The Morgan fingerprint density at radius 2 is 2.08 bits per heavy atom. The van der Waals surface area contributed by atoms with E-state index in [-0.39, 0.29) is 24.0 Å². The summed E-state index contributed by atoms with van der Waals surface area (Å²) in [6, 6.07) is 9.44. The van der Waals surface area contributed by atoms with Crippen molar-refractivity contribution in [3.05, 3.63) is 42.2 Å². The van der Waals surface area contributed by atoms with Crippen molar-refractivity contribution in [3.8, 4) is 12.3 Å². The van der Waals surface area contributed by atoms with Crippen LogP contribution >= 0.6 is 0 Å². The molecule has 1 aliphatic rings. The van der Waals surface area contributed by atoms with Gasteiger partial charge in [-0.2, -0.15) is 10.2 Å². The maximum absolute atomic E-state index is 12.4. The molecule has 2 aromatic rings. The first-order valence-electron chi connectivity index (χ1n) is 8.14. The highest BCUT2D eigenvalue weighted by Crippen LogP contribution is 2.36. The quantitative estimate of drug-likeness (QED) is 0.705. The molecule has 1 atom stereocenters. The maximum atomic E-state index is 12.4. The highest BCUT2D eigenvalue weighted by Gasteiger charge is 2.38. The lowest BCUT2D eigenvalue weighted by Gasteiger charge is -2.17. The van der Waals surface area contributed by atoms with E-state index >= 15 is 0 Å². The molecule has 1 aliphatic heterocycles. The third kappa shape index (κ3) is 4.47. The van der Waals surface area contributed by atoms with Crippen molar-refractivity contribution in [2.24, 2.45) is 10.2 Å². The number of benzene rings is 1. The summed E-state index contributed by atoms with van der Waals surface area (Å²) in [5.41, 5.74) is 0.594. The minimum Gasteiger partial charge on any atom is -0.356 e. The molecule has 25 heavy (non-hydrogen) atoms. The number of nitrogens with zero attached hydrogens (tertiary/aromatic N) is 6. The number of rotatable bonds is 9. The topological polar surface area (TPSA) is 97.4 Å². The molecule has 0 saturated heterocycles. The van der Waals surface area contributed by atoms with Crippen LogP contribution in [0.2, 0.25) is 0 Å². The van der Waals surface area contributed by atoms with Crippen LogP contribution in [-0.2, 0) is 4.79 Å². The lowest BCUT2D eigenvalue weighted by Crippen LogP contribution is -2.30. The summed E-state index contributed by atoms with van der Waals surface area (Å²) in [6.07, 6.45) is 9.08. The smallest absolute Gasteiger partial charge is 0.222 e. The van der Waals surface area contributed by atoms with Gasteiger partial charge in [0.2, 0.25) is 5.91 Å². The van der Waals surface area contributed by atoms with Crippen molar-refractivity contribution in [2.75, 3.05) is 6.54 Å². The monoisotopic (exact) mass is 337 g/mol. The van der Waals surface area contributed by atoms with Crippen molar-refractivity contribution in [2.45, 2.75) is 37.4 Å². The predicted octanol–water partition coefficient (Wildman–Crippen LogP) is 1.73. The van der Waals surface area contributed by atoms with Gasteiger partial charge in [-0.05, 0) is 16.0 Å². The second-order valence-electron chi connectivity index (χ2n) is 5.91. The van der Waals surface area contributed by atoms with Gasteiger partial charge in [0.1, 0.15) is 6.33 Å². The number of hydrogen-bond donors (Lipinski definition) is 1. The summed E-state index contributed by atoms with van der Waals surface area (Å²) in [5, 5.41) is 22.3. The van der Waals surface area contributed by atoms with E-state index in [4.69, 9.17) is 6.42 Å². The van der Waals surface area contributed by atoms with Gasteiger partial charge in [-0.3, -0.25) is 4.79 Å². The molecule has 3 rings (SSSR count). The molecule has 2 heterocycles. The van der Waals surface area contributed by atoms with Crippen molar-refractivity contribution in [1.29, 1.82) is 0 Å². The molecule has 0 spiro atoms. The maximum Gasteiger partial charge on any atom is 0.222 e. The number of nitrogens with one attached hydrogen (secondary N) is 1. The highest BCUT2D eigenvalue weighted by atomic mass is 16.1. The van der Waals surface area contributed by atoms with Crippen molar-refractivity contribution < 1.29 is 4.79 Å². The zero-order chi connectivity index (χ0) is 17.5. The van der Waals surface area contributed by atoms with E-state index in [2.05, 4.69) is 37.0 Å². The van der Waals surface area contributed by atoms with Gasteiger partial charge in [0.15, 0.2) is 5.66 Å². The van der Waals surface area contributed by atoms with Crippen LogP contribution in [0.4, 0.5) is 0 Å². The summed E-state index contributed by atoms with van der Waals surface area (Å²) in [5.74, 6) is 2.52. The Bertz CT molecular complexity index is 758. The van der Waals surface area contributed by atoms with Gasteiger partial charge < -0.3 is 5.32 Å². The summed E-state index contributed by atoms with van der Waals surface area (Å²) in [4.78, 5) is 12.4. The van der Waals surface area contributed by atoms with Gasteiger partial charge in [-0.1, -0.05) is 30.3 Å². The fourth-order valence-electron chi connectivity index (χ4n) is 2.67. The van der Waals surface area contributed by atoms with Crippen LogP contribution in [-0.4, -0.2) is 38.3 Å². The second-order valence-corrected chi connectivity index (χ2v) is 5.91. The molecule has 0 bridgehead atoms. The largest absolute Gasteiger partial charge is 0.356 e. The molecular formula is C17H19N7O. The molecule has 0 saturated carbocycles. The Morgan fingerprint density at radius 3 is 2.72 bits per heavy atom. The van der Waals surface area contributed by atoms with Crippen LogP contribution in [0.5, 0.6) is 0 Å². The molecular weight excluding hydrogens is 318 g/mol. The number of hydrogen-bond acceptors (Lipinski definition) is 6. The standard InChI is InChI=1S/C17H19N7O/c1-2-3-9-17(20-21-17)10-11-18-16(25)12-15(24-13-19-22-23-24)14-7-5-4-6-8-14/h1,4-8,13,15H,3,9-12H2,(H,18,25). The van der Waals surface area contributed by atoms with Gasteiger partial charge in [0.25, 0.3) is 0 Å². The lowest BCUT2D eigenvalue weighted by atomic mass is 10.0. The summed E-state index contributed by atoms with van der Waals surface area (Å²) >= 11 is 0. The van der Waals surface area contributed by atoms with Crippen molar-refractivity contribution in [1.82, 2.24) is 25.5 Å². The zero-order valence-electron chi connectivity index (χ0n) is 13.7. The SMILES string of the molecule is C#CCCC1(CCNC(=O)CC(c2ccccc2)n2cnnn2)N=N1. The van der Waals surface area contributed by atoms with Crippen LogP contribution in [0.25, 0.3) is 0 Å². The first-order chi connectivity index (χ1) is 12.2. The third-order valence-electron chi connectivity index (χ3n) is 4.15. The summed E-state index contributed by atoms with van der Waals surface area (Å²) in [7, 11) is 0. The fraction of sp³-hybridized carbons (Fsp3) is 0.412. The predicted molar refractivity (Wildman–Crippen MR) is 90.3 cm³/mol. The average molecular weight is 337 g/mol. The Hall–Kier alpha value is -3.08. The number of amides is 1. The Kier molecular flexibility index (Phi) is 5.14. The van der Waals surface area contributed by atoms with Gasteiger partial charge in [0, 0.05) is 25.8 Å². The first kappa shape index (κ1) is 16.8. The zero-order valence-corrected chi connectivity index (χ0v) is 13.7. The van der Waals surface area contributed by atoms with E-state index in [1.165, 1.54) is 6.33 Å². The van der Waals surface area contributed by atoms with E-state index < -0.39 is 0 Å². The lowest BCUT2D eigenvalue weighted by molar-refractivity contribution is -0.121. The van der Waals surface area contributed by atoms with Crippen molar-refractivity contribution >= 4 is 5.91 Å². The number of carbonyl (C=O) groups excluding carboxylic acids is 1. The fourth-order valence-corrected chi connectivity index (χ4v) is 2.67. The molecule has 8 heteroatoms. The molecule has 1 aromatic heterocycles. The molecule has 1 aromatic carbocycles. The number of carbonyl (C=O) groups is 1. The third-order valence-corrected chi connectivity index (χ3v) is 4.15. The minimum absolute atomic E-state index is 0.0721. The van der Waals surface area contributed by atoms with E-state index in [0.29, 0.717) is 19.4 Å². The van der Waals surface area contributed by atoms with Crippen LogP contribution in [0, 0.1) is 12.3 Å². The molecule has 1 N–H and O–H groups in total. The Labute approximate surface area is 145 Å². The average Bonchev–Trinajstić information content (AvgIpc) is 3.19. The van der Waals surface area contributed by atoms with Crippen LogP contribution < -0.4 is 5.32 Å². The van der Waals surface area contributed by atoms with E-state index in [1.807, 2.05) is 30.3 Å². The van der Waals surface area contributed by atoms with Gasteiger partial charge in [-0.25, -0.2) is 4.68 Å². The van der Waals surface area contributed by atoms with Gasteiger partial charge >= 0.3 is 0 Å². The first-order valence-corrected chi connectivity index (χ1v) is 8.14. The molecule has 0 radical (unpaired) electrons. The summed E-state index contributed by atoms with van der Waals surface area (Å²) in [6.45, 7) is 0.507. The van der Waals surface area contributed by atoms with E-state index in [0.717, 1.165) is 12.0 Å². The number of terminal acetylenes is 1. The highest BCUT2D eigenvalue weighted by molar-refractivity contribution is 5.76. The number of aromatic nitrogens is 4. The minimum atomic E-state index is -0.381. The van der Waals surface area contributed by atoms with E-state index in [9.17, 15) is 4.79 Å². The van der Waals surface area contributed by atoms with Crippen LogP contribution in [0.15, 0.2) is 46.9 Å². The van der Waals surface area contributed by atoms with Gasteiger partial charge in [0.05, 0.1) is 12.5 Å². The normalized spacial score (nSPS) is 15.3. The van der Waals surface area contributed by atoms with Crippen LogP contribution in [0.3, 0.4) is 0 Å². The molecule has 0 aliphatic carbocycles. The van der Waals surface area contributed by atoms with Gasteiger partial charge in [-0.15, -0.1) is 17.4 Å². The summed E-state index contributed by atoms with van der Waals surface area (Å²) < 4.78 is 1.59. The Morgan fingerprint density at radius 1 is 1.28 bits per heavy atom. The molecule has 8 nitrogen and oxygen atoms in total. The molecule has 1 unspecified atom stereocenters. The Balaban J connectivity index is 1.54. The molecule has 128 valence electrons. The molecule has 0 fully saturated rings. The van der Waals surface area contributed by atoms with E-state index in [1.54, 1.807) is 4.68 Å².